The maximum atomic E-state index is 13.7. The Balaban J connectivity index is 2.09. The van der Waals surface area contributed by atoms with Crippen LogP contribution in [0.2, 0.25) is 5.02 Å². The molecular weight excluding hydrogens is 279 g/mol. The highest BCUT2D eigenvalue weighted by molar-refractivity contribution is 6.31. The highest BCUT2D eigenvalue weighted by Gasteiger charge is 2.09. The molecule has 0 aliphatic carbocycles. The van der Waals surface area contributed by atoms with Crippen molar-refractivity contribution in [3.05, 3.63) is 63.9 Å². The predicted octanol–water partition coefficient (Wildman–Crippen LogP) is 4.42. The van der Waals surface area contributed by atoms with Crippen LogP contribution in [0.1, 0.15) is 29.7 Å². The molecule has 4 heteroatoms. The molecular formula is C16H16ClFO2. The summed E-state index contributed by atoms with van der Waals surface area (Å²) in [6.07, 6.45) is -0.837. The zero-order chi connectivity index (χ0) is 14.7. The lowest BCUT2D eigenvalue weighted by Crippen LogP contribution is -1.99. The van der Waals surface area contributed by atoms with Crippen molar-refractivity contribution in [2.75, 3.05) is 0 Å². The number of rotatable bonds is 4. The fourth-order valence-electron chi connectivity index (χ4n) is 1.87. The number of hydrogen-bond acceptors (Lipinski definition) is 2. The Hall–Kier alpha value is -1.58. The van der Waals surface area contributed by atoms with Gasteiger partial charge in [0.15, 0.2) is 0 Å². The van der Waals surface area contributed by atoms with Crippen LogP contribution in [-0.4, -0.2) is 5.11 Å². The Morgan fingerprint density at radius 3 is 2.60 bits per heavy atom. The van der Waals surface area contributed by atoms with E-state index in [0.717, 1.165) is 11.1 Å². The monoisotopic (exact) mass is 294 g/mol. The van der Waals surface area contributed by atoms with Gasteiger partial charge in [-0.2, -0.15) is 0 Å². The quantitative estimate of drug-likeness (QED) is 0.904. The van der Waals surface area contributed by atoms with Crippen LogP contribution in [0, 0.1) is 12.7 Å². The van der Waals surface area contributed by atoms with E-state index in [2.05, 4.69) is 0 Å². The van der Waals surface area contributed by atoms with Crippen molar-refractivity contribution < 1.29 is 14.2 Å². The maximum absolute atomic E-state index is 13.7. The molecule has 0 bridgehead atoms. The first-order chi connectivity index (χ1) is 9.47. The summed E-state index contributed by atoms with van der Waals surface area (Å²) in [5.41, 5.74) is 2.18. The van der Waals surface area contributed by atoms with E-state index in [-0.39, 0.29) is 12.2 Å². The van der Waals surface area contributed by atoms with Crippen molar-refractivity contribution in [2.45, 2.75) is 26.6 Å². The van der Waals surface area contributed by atoms with E-state index in [1.165, 1.54) is 19.1 Å². The maximum Gasteiger partial charge on any atom is 0.132 e. The highest BCUT2D eigenvalue weighted by atomic mass is 35.5. The van der Waals surface area contributed by atoms with Crippen molar-refractivity contribution in [3.63, 3.8) is 0 Å². The molecule has 20 heavy (non-hydrogen) atoms. The van der Waals surface area contributed by atoms with Crippen LogP contribution in [-0.2, 0) is 6.61 Å². The molecule has 1 atom stereocenters. The van der Waals surface area contributed by atoms with E-state index in [9.17, 15) is 9.50 Å². The first kappa shape index (κ1) is 14.8. The smallest absolute Gasteiger partial charge is 0.132 e. The van der Waals surface area contributed by atoms with Gasteiger partial charge in [-0.25, -0.2) is 4.39 Å². The lowest BCUT2D eigenvalue weighted by molar-refractivity contribution is 0.194. The Bertz CT molecular complexity index is 611. The van der Waals surface area contributed by atoms with Crippen LogP contribution < -0.4 is 4.74 Å². The molecule has 2 aromatic carbocycles. The Morgan fingerprint density at radius 1 is 1.25 bits per heavy atom. The number of benzene rings is 2. The van der Waals surface area contributed by atoms with Gasteiger partial charge in [0.25, 0.3) is 0 Å². The number of hydrogen-bond donors (Lipinski definition) is 1. The molecule has 0 heterocycles. The number of aliphatic hydroxyl groups is 1. The number of aryl methyl sites for hydroxylation is 1. The van der Waals surface area contributed by atoms with E-state index in [4.69, 9.17) is 16.3 Å². The molecule has 0 spiro atoms. The van der Waals surface area contributed by atoms with E-state index >= 15 is 0 Å². The molecule has 0 saturated carbocycles. The van der Waals surface area contributed by atoms with Gasteiger partial charge in [-0.15, -0.1) is 0 Å². The average molecular weight is 295 g/mol. The van der Waals surface area contributed by atoms with Gasteiger partial charge in [0.2, 0.25) is 0 Å². The zero-order valence-electron chi connectivity index (χ0n) is 11.4. The summed E-state index contributed by atoms with van der Waals surface area (Å²) >= 11 is 6.11. The second-order valence-electron chi connectivity index (χ2n) is 4.74. The minimum Gasteiger partial charge on any atom is -0.489 e. The zero-order valence-corrected chi connectivity index (χ0v) is 12.1. The average Bonchev–Trinajstić information content (AvgIpc) is 2.37. The summed E-state index contributed by atoms with van der Waals surface area (Å²) in [6, 6.07) is 10.1. The summed E-state index contributed by atoms with van der Waals surface area (Å²) < 4.78 is 19.2. The first-order valence-corrected chi connectivity index (χ1v) is 6.70. The molecule has 1 N–H and O–H groups in total. The van der Waals surface area contributed by atoms with Crippen LogP contribution in [0.25, 0.3) is 0 Å². The Morgan fingerprint density at radius 2 is 2.00 bits per heavy atom. The molecule has 2 rings (SSSR count). The van der Waals surface area contributed by atoms with E-state index < -0.39 is 11.9 Å². The highest BCUT2D eigenvalue weighted by Crippen LogP contribution is 2.24. The summed E-state index contributed by atoms with van der Waals surface area (Å²) in [5, 5.41) is 10.00. The third kappa shape index (κ3) is 3.50. The summed E-state index contributed by atoms with van der Waals surface area (Å²) in [4.78, 5) is 0. The van der Waals surface area contributed by atoms with Crippen molar-refractivity contribution >= 4 is 11.6 Å². The van der Waals surface area contributed by atoms with Crippen molar-refractivity contribution in [1.82, 2.24) is 0 Å². The summed E-state index contributed by atoms with van der Waals surface area (Å²) in [5.74, 6) is -0.0731. The molecule has 0 saturated heterocycles. The minimum atomic E-state index is -0.837. The van der Waals surface area contributed by atoms with Crippen LogP contribution in [0.3, 0.4) is 0 Å². The van der Waals surface area contributed by atoms with E-state index in [1.54, 1.807) is 6.07 Å². The molecule has 0 amide bonds. The molecule has 106 valence electrons. The van der Waals surface area contributed by atoms with Gasteiger partial charge < -0.3 is 9.84 Å². The second-order valence-corrected chi connectivity index (χ2v) is 5.15. The standard InChI is InChI=1S/C16H16ClFO2/c1-10-3-4-12(15(17)7-10)9-20-13-5-6-14(11(2)19)16(18)8-13/h3-8,11,19H,9H2,1-2H3. The Kier molecular flexibility index (Phi) is 4.63. The fourth-order valence-corrected chi connectivity index (χ4v) is 2.16. The normalized spacial score (nSPS) is 12.2. The SMILES string of the molecule is Cc1ccc(COc2ccc(C(C)O)c(F)c2)c(Cl)c1. The topological polar surface area (TPSA) is 29.5 Å². The fraction of sp³-hybridized carbons (Fsp3) is 0.250. The lowest BCUT2D eigenvalue weighted by Gasteiger charge is -2.11. The van der Waals surface area contributed by atoms with Gasteiger partial charge >= 0.3 is 0 Å². The van der Waals surface area contributed by atoms with Crippen LogP contribution in [0.15, 0.2) is 36.4 Å². The van der Waals surface area contributed by atoms with Crippen LogP contribution in [0.5, 0.6) is 5.75 Å². The predicted molar refractivity (Wildman–Crippen MR) is 77.6 cm³/mol. The van der Waals surface area contributed by atoms with Crippen LogP contribution in [0.4, 0.5) is 4.39 Å². The third-order valence-corrected chi connectivity index (χ3v) is 3.38. The van der Waals surface area contributed by atoms with Gasteiger partial charge in [-0.05, 0) is 37.6 Å². The number of ether oxygens (including phenoxy) is 1. The van der Waals surface area contributed by atoms with Crippen LogP contribution >= 0.6 is 11.6 Å². The Labute approximate surface area is 122 Å². The number of aliphatic hydroxyl groups excluding tert-OH is 1. The lowest BCUT2D eigenvalue weighted by atomic mass is 10.1. The van der Waals surface area contributed by atoms with Gasteiger partial charge in [0.1, 0.15) is 18.2 Å². The molecule has 0 aliphatic rings. The molecule has 0 radical (unpaired) electrons. The van der Waals surface area contributed by atoms with Crippen molar-refractivity contribution in [2.24, 2.45) is 0 Å². The summed E-state index contributed by atoms with van der Waals surface area (Å²) in [6.45, 7) is 3.75. The van der Waals surface area contributed by atoms with Crippen molar-refractivity contribution in [1.29, 1.82) is 0 Å². The van der Waals surface area contributed by atoms with Gasteiger partial charge in [-0.1, -0.05) is 23.7 Å². The molecule has 2 aromatic rings. The molecule has 1 unspecified atom stereocenters. The first-order valence-electron chi connectivity index (χ1n) is 6.32. The molecule has 2 nitrogen and oxygen atoms in total. The molecule has 0 aromatic heterocycles. The largest absolute Gasteiger partial charge is 0.489 e. The van der Waals surface area contributed by atoms with E-state index in [0.29, 0.717) is 10.8 Å². The van der Waals surface area contributed by atoms with Gasteiger partial charge in [0, 0.05) is 22.2 Å². The van der Waals surface area contributed by atoms with E-state index in [1.807, 2.05) is 25.1 Å². The summed E-state index contributed by atoms with van der Waals surface area (Å²) in [7, 11) is 0. The molecule has 0 aliphatic heterocycles. The minimum absolute atomic E-state index is 0.255. The second kappa shape index (κ2) is 6.25. The number of halogens is 2. The molecule has 0 fully saturated rings. The van der Waals surface area contributed by atoms with Crippen molar-refractivity contribution in [3.8, 4) is 5.75 Å². The third-order valence-electron chi connectivity index (χ3n) is 3.02. The van der Waals surface area contributed by atoms with Gasteiger partial charge in [-0.3, -0.25) is 0 Å². The van der Waals surface area contributed by atoms with Gasteiger partial charge in [0.05, 0.1) is 6.10 Å².